The van der Waals surface area contributed by atoms with Gasteiger partial charge >= 0.3 is 0 Å². The molecule has 1 fully saturated rings. The Morgan fingerprint density at radius 3 is 3.05 bits per heavy atom. The number of aliphatic hydroxyl groups excluding tert-OH is 1. The van der Waals surface area contributed by atoms with Crippen molar-refractivity contribution in [1.82, 2.24) is 4.90 Å². The van der Waals surface area contributed by atoms with E-state index in [1.165, 1.54) is 0 Å². The fourth-order valence-electron chi connectivity index (χ4n) is 2.49. The van der Waals surface area contributed by atoms with Gasteiger partial charge in [0.05, 0.1) is 6.10 Å². The van der Waals surface area contributed by atoms with Crippen LogP contribution in [0.25, 0.3) is 0 Å². The van der Waals surface area contributed by atoms with Gasteiger partial charge in [0.15, 0.2) is 0 Å². The molecule has 2 unspecified atom stereocenters. The Labute approximate surface area is 125 Å². The van der Waals surface area contributed by atoms with Gasteiger partial charge in [-0.1, -0.05) is 24.4 Å². The molecule has 0 spiro atoms. The highest BCUT2D eigenvalue weighted by atomic mass is 32.1. The second-order valence-corrected chi connectivity index (χ2v) is 5.77. The van der Waals surface area contributed by atoms with Crippen LogP contribution in [0.5, 0.6) is 5.75 Å². The third-order valence-corrected chi connectivity index (χ3v) is 4.02. The van der Waals surface area contributed by atoms with Crippen molar-refractivity contribution in [2.24, 2.45) is 11.7 Å². The van der Waals surface area contributed by atoms with Crippen LogP contribution in [0, 0.1) is 5.92 Å². The molecule has 0 aliphatic carbocycles. The first-order valence-electron chi connectivity index (χ1n) is 6.99. The van der Waals surface area contributed by atoms with Gasteiger partial charge in [0.1, 0.15) is 17.3 Å². The number of ether oxygens (including phenoxy) is 1. The van der Waals surface area contributed by atoms with Gasteiger partial charge in [0, 0.05) is 18.7 Å². The Kier molecular flexibility index (Phi) is 5.34. The zero-order chi connectivity index (χ0) is 14.5. The van der Waals surface area contributed by atoms with E-state index in [4.69, 9.17) is 22.7 Å². The van der Waals surface area contributed by atoms with Crippen LogP contribution < -0.4 is 10.5 Å². The van der Waals surface area contributed by atoms with E-state index >= 15 is 0 Å². The summed E-state index contributed by atoms with van der Waals surface area (Å²) < 4.78 is 5.74. The average molecular weight is 294 g/mol. The van der Waals surface area contributed by atoms with Crippen molar-refractivity contribution in [3.63, 3.8) is 0 Å². The highest BCUT2D eigenvalue weighted by Gasteiger charge is 2.25. The van der Waals surface area contributed by atoms with Gasteiger partial charge in [-0.15, -0.1) is 0 Å². The Morgan fingerprint density at radius 2 is 2.40 bits per heavy atom. The summed E-state index contributed by atoms with van der Waals surface area (Å²) in [5.74, 6) is 1.19. The second kappa shape index (κ2) is 7.02. The Balaban J connectivity index is 1.76. The number of thiocarbonyl (C=S) groups is 1. The van der Waals surface area contributed by atoms with E-state index in [1.54, 1.807) is 0 Å². The number of nitrogens with zero attached hydrogens (tertiary/aromatic N) is 1. The number of hydrogen-bond donors (Lipinski definition) is 2. The lowest BCUT2D eigenvalue weighted by atomic mass is 10.0. The van der Waals surface area contributed by atoms with Crippen molar-refractivity contribution in [1.29, 1.82) is 0 Å². The molecule has 1 aromatic carbocycles. The predicted molar refractivity (Wildman–Crippen MR) is 84.1 cm³/mol. The van der Waals surface area contributed by atoms with Gasteiger partial charge < -0.3 is 15.6 Å². The van der Waals surface area contributed by atoms with Crippen LogP contribution in [-0.4, -0.2) is 47.3 Å². The summed E-state index contributed by atoms with van der Waals surface area (Å²) in [6.07, 6.45) is 0.845. The number of hydrogen-bond acceptors (Lipinski definition) is 4. The maximum absolute atomic E-state index is 9.57. The summed E-state index contributed by atoms with van der Waals surface area (Å²) in [5.41, 5.74) is 6.43. The van der Waals surface area contributed by atoms with Crippen molar-refractivity contribution in [2.45, 2.75) is 19.4 Å². The van der Waals surface area contributed by atoms with Crippen LogP contribution in [0.1, 0.15) is 18.9 Å². The van der Waals surface area contributed by atoms with Gasteiger partial charge in [0.25, 0.3) is 0 Å². The third kappa shape index (κ3) is 4.16. The molecule has 0 saturated carbocycles. The molecule has 0 aromatic heterocycles. The summed E-state index contributed by atoms with van der Waals surface area (Å²) in [6, 6.07) is 7.54. The van der Waals surface area contributed by atoms with E-state index in [-0.39, 0.29) is 6.10 Å². The Bertz CT molecular complexity index is 465. The summed E-state index contributed by atoms with van der Waals surface area (Å²) >= 11 is 4.95. The van der Waals surface area contributed by atoms with Crippen molar-refractivity contribution in [2.75, 3.05) is 26.2 Å². The molecule has 1 aromatic rings. The first kappa shape index (κ1) is 15.2. The average Bonchev–Trinajstić information content (AvgIpc) is 2.88. The van der Waals surface area contributed by atoms with Crippen LogP contribution in [0.2, 0.25) is 0 Å². The van der Waals surface area contributed by atoms with Gasteiger partial charge in [-0.05, 0) is 37.9 Å². The molecule has 4 nitrogen and oxygen atoms in total. The first-order chi connectivity index (χ1) is 9.56. The van der Waals surface area contributed by atoms with Crippen LogP contribution >= 0.6 is 12.2 Å². The molecule has 0 radical (unpaired) electrons. The van der Waals surface area contributed by atoms with Gasteiger partial charge in [0.2, 0.25) is 0 Å². The molecular formula is C15H22N2O2S. The van der Waals surface area contributed by atoms with Gasteiger partial charge in [-0.25, -0.2) is 0 Å². The van der Waals surface area contributed by atoms with E-state index in [2.05, 4.69) is 4.90 Å². The van der Waals surface area contributed by atoms with Crippen LogP contribution in [0.4, 0.5) is 0 Å². The standard InChI is InChI=1S/C15H22N2O2S/c1-11(18)13-5-6-17(10-13)7-8-19-14-4-2-3-12(9-14)15(16)20/h2-4,9,11,13,18H,5-8,10H2,1H3,(H2,16,20). The fraction of sp³-hybridized carbons (Fsp3) is 0.533. The number of benzene rings is 1. The minimum atomic E-state index is -0.219. The van der Waals surface area contributed by atoms with Gasteiger partial charge in [-0.3, -0.25) is 4.90 Å². The molecule has 110 valence electrons. The number of nitrogens with two attached hydrogens (primary N) is 1. The van der Waals surface area contributed by atoms with Crippen molar-refractivity contribution < 1.29 is 9.84 Å². The van der Waals surface area contributed by atoms with Crippen molar-refractivity contribution in [3.05, 3.63) is 29.8 Å². The molecule has 2 rings (SSSR count). The quantitative estimate of drug-likeness (QED) is 0.777. The number of rotatable bonds is 6. The van der Waals surface area contributed by atoms with Crippen molar-refractivity contribution in [3.8, 4) is 5.75 Å². The molecule has 5 heteroatoms. The summed E-state index contributed by atoms with van der Waals surface area (Å²) in [4.78, 5) is 2.71. The van der Waals surface area contributed by atoms with E-state index in [0.29, 0.717) is 17.5 Å². The highest BCUT2D eigenvalue weighted by Crippen LogP contribution is 2.19. The maximum Gasteiger partial charge on any atom is 0.120 e. The molecule has 1 heterocycles. The summed E-state index contributed by atoms with van der Waals surface area (Å²) in [6.45, 7) is 5.36. The van der Waals surface area contributed by atoms with E-state index in [0.717, 1.165) is 37.4 Å². The summed E-state index contributed by atoms with van der Waals surface area (Å²) in [5, 5.41) is 9.57. The highest BCUT2D eigenvalue weighted by molar-refractivity contribution is 7.80. The van der Waals surface area contributed by atoms with E-state index in [9.17, 15) is 5.11 Å². The second-order valence-electron chi connectivity index (χ2n) is 5.33. The lowest BCUT2D eigenvalue weighted by Crippen LogP contribution is -2.28. The fourth-order valence-corrected chi connectivity index (χ4v) is 2.62. The molecule has 0 amide bonds. The zero-order valence-corrected chi connectivity index (χ0v) is 12.6. The molecule has 1 aliphatic heterocycles. The first-order valence-corrected chi connectivity index (χ1v) is 7.40. The number of aliphatic hydroxyl groups is 1. The molecule has 1 aliphatic rings. The number of likely N-dealkylation sites (tertiary alicyclic amines) is 1. The molecule has 1 saturated heterocycles. The van der Waals surface area contributed by atoms with Crippen LogP contribution in [0.15, 0.2) is 24.3 Å². The van der Waals surface area contributed by atoms with Gasteiger partial charge in [-0.2, -0.15) is 0 Å². The topological polar surface area (TPSA) is 58.7 Å². The minimum absolute atomic E-state index is 0.219. The van der Waals surface area contributed by atoms with E-state index < -0.39 is 0 Å². The smallest absolute Gasteiger partial charge is 0.120 e. The molecule has 2 atom stereocenters. The lowest BCUT2D eigenvalue weighted by molar-refractivity contribution is 0.125. The SMILES string of the molecule is CC(O)C1CCN(CCOc2cccc(C(N)=S)c2)C1. The Morgan fingerprint density at radius 1 is 1.60 bits per heavy atom. The third-order valence-electron chi connectivity index (χ3n) is 3.79. The van der Waals surface area contributed by atoms with Crippen molar-refractivity contribution >= 4 is 17.2 Å². The Hall–Kier alpha value is -1.17. The van der Waals surface area contributed by atoms with Crippen LogP contribution in [-0.2, 0) is 0 Å². The predicted octanol–water partition coefficient (Wildman–Crippen LogP) is 1.40. The molecular weight excluding hydrogens is 272 g/mol. The monoisotopic (exact) mass is 294 g/mol. The maximum atomic E-state index is 9.57. The normalized spacial score (nSPS) is 20.8. The molecule has 3 N–H and O–H groups in total. The zero-order valence-electron chi connectivity index (χ0n) is 11.8. The minimum Gasteiger partial charge on any atom is -0.492 e. The van der Waals surface area contributed by atoms with E-state index in [1.807, 2.05) is 31.2 Å². The lowest BCUT2D eigenvalue weighted by Gasteiger charge is -2.17. The molecule has 0 bridgehead atoms. The van der Waals surface area contributed by atoms with Crippen LogP contribution in [0.3, 0.4) is 0 Å². The largest absolute Gasteiger partial charge is 0.492 e. The summed E-state index contributed by atoms with van der Waals surface area (Å²) in [7, 11) is 0. The molecule has 20 heavy (non-hydrogen) atoms.